The molecule has 0 bridgehead atoms. The molecule has 0 aromatic heterocycles. The smallest absolute Gasteiger partial charge is 0.168 e. The zero-order valence-electron chi connectivity index (χ0n) is 5.50. The van der Waals surface area contributed by atoms with Gasteiger partial charge in [0, 0.05) is 14.2 Å². The molecule has 0 rings (SSSR count). The third-order valence-electron chi connectivity index (χ3n) is 0.877. The molecule has 0 aromatic rings. The Kier molecular flexibility index (Phi) is 5.38. The Bertz CT molecular complexity index is 69.2. The number of aliphatic hydroxyl groups is 1. The van der Waals surface area contributed by atoms with Crippen LogP contribution >= 0.6 is 15.9 Å². The van der Waals surface area contributed by atoms with Crippen LogP contribution in [0.15, 0.2) is 0 Å². The van der Waals surface area contributed by atoms with E-state index in [1.54, 1.807) is 7.11 Å². The van der Waals surface area contributed by atoms with Crippen molar-refractivity contribution < 1.29 is 14.6 Å². The zero-order valence-corrected chi connectivity index (χ0v) is 7.09. The Morgan fingerprint density at radius 3 is 2.44 bits per heavy atom. The highest BCUT2D eigenvalue weighted by molar-refractivity contribution is 9.09. The first kappa shape index (κ1) is 9.36. The van der Waals surface area contributed by atoms with Crippen LogP contribution in [0.3, 0.4) is 0 Å². The molecular formula is C5H11BrO3. The van der Waals surface area contributed by atoms with Crippen molar-refractivity contribution in [3.63, 3.8) is 0 Å². The van der Waals surface area contributed by atoms with Crippen LogP contribution in [-0.4, -0.2) is 37.1 Å². The fraction of sp³-hybridized carbons (Fsp3) is 1.00. The normalized spacial score (nSPS) is 17.3. The van der Waals surface area contributed by atoms with Crippen molar-refractivity contribution in [3.8, 4) is 0 Å². The van der Waals surface area contributed by atoms with Gasteiger partial charge in [-0.2, -0.15) is 0 Å². The van der Waals surface area contributed by atoms with Crippen LogP contribution in [0, 0.1) is 0 Å². The van der Waals surface area contributed by atoms with Gasteiger partial charge in [-0.25, -0.2) is 0 Å². The van der Waals surface area contributed by atoms with Gasteiger partial charge in [-0.05, 0) is 0 Å². The minimum Gasteiger partial charge on any atom is -0.383 e. The summed E-state index contributed by atoms with van der Waals surface area (Å²) in [6, 6.07) is 0. The average molecular weight is 199 g/mol. The topological polar surface area (TPSA) is 38.7 Å². The first-order valence-electron chi connectivity index (χ1n) is 2.56. The van der Waals surface area contributed by atoms with E-state index in [0.29, 0.717) is 6.61 Å². The highest BCUT2D eigenvalue weighted by Crippen LogP contribution is 2.05. The van der Waals surface area contributed by atoms with Crippen LogP contribution in [0.1, 0.15) is 0 Å². The second-order valence-corrected chi connectivity index (χ2v) is 2.77. The monoisotopic (exact) mass is 198 g/mol. The molecule has 0 amide bonds. The minimum absolute atomic E-state index is 0.146. The maximum absolute atomic E-state index is 8.91. The van der Waals surface area contributed by atoms with Crippen LogP contribution in [0.4, 0.5) is 0 Å². The number of hydrogen-bond donors (Lipinski definition) is 1. The van der Waals surface area contributed by atoms with Gasteiger partial charge in [0.2, 0.25) is 0 Å². The molecule has 0 aliphatic heterocycles. The van der Waals surface area contributed by atoms with E-state index in [-0.39, 0.29) is 4.83 Å². The summed E-state index contributed by atoms with van der Waals surface area (Å²) in [6.07, 6.45) is -0.787. The van der Waals surface area contributed by atoms with Gasteiger partial charge in [0.25, 0.3) is 0 Å². The van der Waals surface area contributed by atoms with Crippen LogP contribution in [-0.2, 0) is 9.47 Å². The summed E-state index contributed by atoms with van der Waals surface area (Å²) >= 11 is 3.16. The number of rotatable bonds is 4. The van der Waals surface area contributed by atoms with Gasteiger partial charge in [0.1, 0.15) is 0 Å². The third kappa shape index (κ3) is 3.86. The van der Waals surface area contributed by atoms with E-state index in [2.05, 4.69) is 20.7 Å². The van der Waals surface area contributed by atoms with E-state index >= 15 is 0 Å². The SMILES string of the molecule is COCC(Br)C(O)OC. The minimum atomic E-state index is -0.787. The Morgan fingerprint density at radius 2 is 2.11 bits per heavy atom. The van der Waals surface area contributed by atoms with Crippen LogP contribution in [0.5, 0.6) is 0 Å². The highest BCUT2D eigenvalue weighted by Gasteiger charge is 2.13. The first-order chi connectivity index (χ1) is 4.22. The number of aliphatic hydroxyl groups excluding tert-OH is 1. The summed E-state index contributed by atoms with van der Waals surface area (Å²) in [5, 5.41) is 8.91. The summed E-state index contributed by atoms with van der Waals surface area (Å²) < 4.78 is 9.33. The summed E-state index contributed by atoms with van der Waals surface area (Å²) in [5.74, 6) is 0. The molecule has 0 aromatic carbocycles. The van der Waals surface area contributed by atoms with Crippen molar-refractivity contribution in [2.45, 2.75) is 11.1 Å². The molecule has 1 N–H and O–H groups in total. The lowest BCUT2D eigenvalue weighted by Crippen LogP contribution is -2.26. The number of methoxy groups -OCH3 is 2. The summed E-state index contributed by atoms with van der Waals surface area (Å²) in [5.41, 5.74) is 0. The fourth-order valence-corrected chi connectivity index (χ4v) is 0.869. The standard InChI is InChI=1S/C5H11BrO3/c1-8-3-4(6)5(7)9-2/h4-5,7H,3H2,1-2H3. The van der Waals surface area contributed by atoms with E-state index in [1.807, 2.05) is 0 Å². The lowest BCUT2D eigenvalue weighted by Gasteiger charge is -2.13. The number of hydrogen-bond acceptors (Lipinski definition) is 3. The Morgan fingerprint density at radius 1 is 1.56 bits per heavy atom. The summed E-state index contributed by atoms with van der Waals surface area (Å²) in [6.45, 7) is 0.439. The van der Waals surface area contributed by atoms with Crippen molar-refractivity contribution >= 4 is 15.9 Å². The molecule has 0 heterocycles. The molecule has 0 spiro atoms. The molecule has 0 saturated carbocycles. The second kappa shape index (κ2) is 5.17. The molecule has 56 valence electrons. The molecule has 0 fully saturated rings. The molecule has 0 aliphatic rings. The van der Waals surface area contributed by atoms with E-state index in [9.17, 15) is 0 Å². The van der Waals surface area contributed by atoms with Crippen molar-refractivity contribution in [1.29, 1.82) is 0 Å². The van der Waals surface area contributed by atoms with Crippen molar-refractivity contribution in [2.75, 3.05) is 20.8 Å². The van der Waals surface area contributed by atoms with Crippen molar-refractivity contribution in [1.82, 2.24) is 0 Å². The fourth-order valence-electron chi connectivity index (χ4n) is 0.389. The summed E-state index contributed by atoms with van der Waals surface area (Å²) in [7, 11) is 3.01. The predicted octanol–water partition coefficient (Wildman–Crippen LogP) is 0.361. The molecular weight excluding hydrogens is 188 g/mol. The van der Waals surface area contributed by atoms with Crippen LogP contribution in [0.2, 0.25) is 0 Å². The van der Waals surface area contributed by atoms with Gasteiger partial charge in [-0.3, -0.25) is 0 Å². The Balaban J connectivity index is 3.32. The largest absolute Gasteiger partial charge is 0.383 e. The Hall–Kier alpha value is 0.360. The van der Waals surface area contributed by atoms with Gasteiger partial charge in [-0.1, -0.05) is 15.9 Å². The van der Waals surface area contributed by atoms with Gasteiger partial charge < -0.3 is 14.6 Å². The third-order valence-corrected chi connectivity index (χ3v) is 1.59. The van der Waals surface area contributed by atoms with Gasteiger partial charge in [0.05, 0.1) is 11.4 Å². The lowest BCUT2D eigenvalue weighted by molar-refractivity contribution is -0.0809. The predicted molar refractivity (Wildman–Crippen MR) is 37.6 cm³/mol. The van der Waals surface area contributed by atoms with Crippen molar-refractivity contribution in [2.24, 2.45) is 0 Å². The van der Waals surface area contributed by atoms with Crippen LogP contribution < -0.4 is 0 Å². The molecule has 3 nitrogen and oxygen atoms in total. The van der Waals surface area contributed by atoms with Crippen molar-refractivity contribution in [3.05, 3.63) is 0 Å². The molecule has 2 atom stereocenters. The Labute approximate surface area is 63.1 Å². The van der Waals surface area contributed by atoms with Gasteiger partial charge in [0.15, 0.2) is 6.29 Å². The quantitative estimate of drug-likeness (QED) is 0.524. The molecule has 9 heavy (non-hydrogen) atoms. The number of ether oxygens (including phenoxy) is 2. The van der Waals surface area contributed by atoms with Gasteiger partial charge >= 0.3 is 0 Å². The zero-order chi connectivity index (χ0) is 7.28. The second-order valence-electron chi connectivity index (χ2n) is 1.60. The molecule has 0 aliphatic carbocycles. The molecule has 2 unspecified atom stereocenters. The first-order valence-corrected chi connectivity index (χ1v) is 3.47. The van der Waals surface area contributed by atoms with E-state index < -0.39 is 6.29 Å². The molecule has 4 heteroatoms. The maximum atomic E-state index is 8.91. The number of halogens is 1. The average Bonchev–Trinajstić information content (AvgIpc) is 1.87. The van der Waals surface area contributed by atoms with E-state index in [1.165, 1.54) is 7.11 Å². The maximum Gasteiger partial charge on any atom is 0.168 e. The van der Waals surface area contributed by atoms with E-state index in [4.69, 9.17) is 9.84 Å². The molecule has 0 radical (unpaired) electrons. The summed E-state index contributed by atoms with van der Waals surface area (Å²) in [4.78, 5) is -0.146. The highest BCUT2D eigenvalue weighted by atomic mass is 79.9. The van der Waals surface area contributed by atoms with Gasteiger partial charge in [-0.15, -0.1) is 0 Å². The molecule has 0 saturated heterocycles. The lowest BCUT2D eigenvalue weighted by atomic mass is 10.4. The van der Waals surface area contributed by atoms with E-state index in [0.717, 1.165) is 0 Å². The number of alkyl halides is 1. The van der Waals surface area contributed by atoms with Crippen LogP contribution in [0.25, 0.3) is 0 Å².